The summed E-state index contributed by atoms with van der Waals surface area (Å²) in [6, 6.07) is 5.55. The first-order chi connectivity index (χ1) is 13.0. The van der Waals surface area contributed by atoms with Gasteiger partial charge in [0.1, 0.15) is 0 Å². The van der Waals surface area contributed by atoms with Crippen molar-refractivity contribution in [2.75, 3.05) is 19.6 Å². The molecule has 1 fully saturated rings. The number of carbonyl (C=O) groups is 2. The van der Waals surface area contributed by atoms with Gasteiger partial charge < -0.3 is 9.47 Å². The number of aromatic nitrogens is 3. The number of rotatable bonds is 4. The maximum Gasteiger partial charge on any atom is 0.296 e. The molecule has 1 saturated heterocycles. The summed E-state index contributed by atoms with van der Waals surface area (Å²) < 4.78 is 3.67. The van der Waals surface area contributed by atoms with Gasteiger partial charge in [0.2, 0.25) is 0 Å². The van der Waals surface area contributed by atoms with Gasteiger partial charge in [0, 0.05) is 26.3 Å². The van der Waals surface area contributed by atoms with E-state index in [9.17, 15) is 9.59 Å². The number of likely N-dealkylation sites (tertiary alicyclic amines) is 1. The highest BCUT2D eigenvalue weighted by molar-refractivity contribution is 6.42. The first-order valence-corrected chi connectivity index (χ1v) is 9.74. The highest BCUT2D eigenvalue weighted by Gasteiger charge is 2.29. The second-order valence-corrected chi connectivity index (χ2v) is 7.87. The normalized spacial score (nSPS) is 18.5. The van der Waals surface area contributed by atoms with Crippen molar-refractivity contribution in [2.45, 2.75) is 39.4 Å². The Morgan fingerprint density at radius 1 is 1.19 bits per heavy atom. The smallest absolute Gasteiger partial charge is 0.296 e. The highest BCUT2D eigenvalue weighted by Crippen LogP contribution is 2.20. The summed E-state index contributed by atoms with van der Waals surface area (Å²) in [4.78, 5) is 29.2. The van der Waals surface area contributed by atoms with Gasteiger partial charge in [-0.25, -0.2) is 0 Å². The molecule has 0 unspecified atom stereocenters. The van der Waals surface area contributed by atoms with Gasteiger partial charge >= 0.3 is 0 Å². The fourth-order valence-corrected chi connectivity index (χ4v) is 3.98. The second-order valence-electron chi connectivity index (χ2n) is 7.87. The first kappa shape index (κ1) is 18.0. The Kier molecular flexibility index (Phi) is 4.86. The molecule has 0 saturated carbocycles. The zero-order chi connectivity index (χ0) is 19.0. The summed E-state index contributed by atoms with van der Waals surface area (Å²) in [5.74, 6) is -0.0632. The Morgan fingerprint density at radius 2 is 1.96 bits per heavy atom. The molecule has 0 N–H and O–H groups in total. The lowest BCUT2D eigenvalue weighted by Crippen LogP contribution is -2.42. The fraction of sp³-hybridized carbons (Fsp3) is 0.550. The molecule has 1 amide bonds. The minimum atomic E-state index is -0.446. The molecule has 0 radical (unpaired) electrons. The van der Waals surface area contributed by atoms with Crippen LogP contribution in [0, 0.1) is 5.92 Å². The number of amides is 1. The third-order valence-corrected chi connectivity index (χ3v) is 5.77. The summed E-state index contributed by atoms with van der Waals surface area (Å²) in [6.45, 7) is 7.03. The molecule has 0 aliphatic carbocycles. The molecule has 144 valence electrons. The van der Waals surface area contributed by atoms with Gasteiger partial charge in [-0.05, 0) is 50.0 Å². The minimum absolute atomic E-state index is 0.430. The molecule has 7 heteroatoms. The van der Waals surface area contributed by atoms with Crippen LogP contribution >= 0.6 is 0 Å². The fourth-order valence-electron chi connectivity index (χ4n) is 3.98. The van der Waals surface area contributed by atoms with Crippen LogP contribution in [0.25, 0.3) is 0 Å². The van der Waals surface area contributed by atoms with E-state index in [0.29, 0.717) is 25.3 Å². The van der Waals surface area contributed by atoms with E-state index in [-0.39, 0.29) is 0 Å². The van der Waals surface area contributed by atoms with E-state index < -0.39 is 11.7 Å². The zero-order valence-electron chi connectivity index (χ0n) is 16.1. The Hall–Kier alpha value is -2.41. The maximum atomic E-state index is 12.6. The molecule has 2 aromatic heterocycles. The quantitative estimate of drug-likeness (QED) is 0.608. The lowest BCUT2D eigenvalue weighted by molar-refractivity contribution is -0.127. The van der Waals surface area contributed by atoms with E-state index in [0.717, 1.165) is 36.9 Å². The third-order valence-electron chi connectivity index (χ3n) is 5.77. The molecule has 0 atom stereocenters. The lowest BCUT2D eigenvalue weighted by atomic mass is 9.99. The molecule has 2 aliphatic rings. The number of aryl methyl sites for hydroxylation is 1. The van der Waals surface area contributed by atoms with Crippen LogP contribution in [-0.2, 0) is 31.5 Å². The number of hydrogen-bond donors (Lipinski definition) is 0. The number of hydrogen-bond acceptors (Lipinski definition) is 4. The molecular formula is C20H27N5O2. The maximum absolute atomic E-state index is 12.6. The molecule has 4 heterocycles. The average Bonchev–Trinajstić information content (AvgIpc) is 3.27. The third kappa shape index (κ3) is 3.69. The molecule has 2 aliphatic heterocycles. The number of Topliss-reactive ketones (excluding diaryl/α,β-unsaturated/α-hetero) is 1. The Bertz CT molecular complexity index is 844. The SMILES string of the molecule is CC1CCN(Cc2cc3n(n2)CCN(C(=O)C(=O)c2cccn2C)C3)CC1. The van der Waals surface area contributed by atoms with E-state index in [2.05, 4.69) is 17.9 Å². The van der Waals surface area contributed by atoms with Crippen LogP contribution in [0.15, 0.2) is 24.4 Å². The summed E-state index contributed by atoms with van der Waals surface area (Å²) in [5, 5.41) is 4.71. The van der Waals surface area contributed by atoms with Crippen LogP contribution in [0.1, 0.15) is 41.6 Å². The van der Waals surface area contributed by atoms with Gasteiger partial charge in [-0.3, -0.25) is 19.2 Å². The van der Waals surface area contributed by atoms with E-state index in [4.69, 9.17) is 5.10 Å². The molecule has 27 heavy (non-hydrogen) atoms. The number of ketones is 1. The molecule has 0 bridgehead atoms. The van der Waals surface area contributed by atoms with Crippen LogP contribution in [0.5, 0.6) is 0 Å². The topological polar surface area (TPSA) is 63.4 Å². The van der Waals surface area contributed by atoms with E-state index in [1.165, 1.54) is 12.8 Å². The largest absolute Gasteiger partial charge is 0.348 e. The average molecular weight is 369 g/mol. The van der Waals surface area contributed by atoms with Gasteiger partial charge in [-0.15, -0.1) is 0 Å². The van der Waals surface area contributed by atoms with Crippen molar-refractivity contribution >= 4 is 11.7 Å². The van der Waals surface area contributed by atoms with Gasteiger partial charge in [0.15, 0.2) is 0 Å². The first-order valence-electron chi connectivity index (χ1n) is 9.74. The van der Waals surface area contributed by atoms with Crippen LogP contribution < -0.4 is 0 Å². The number of fused-ring (bicyclic) bond motifs is 1. The number of nitrogens with zero attached hydrogens (tertiary/aromatic N) is 5. The standard InChI is InChI=1S/C20H27N5O2/c1-15-5-8-23(9-6-15)13-16-12-17-14-24(10-11-25(17)21-16)20(27)19(26)18-4-3-7-22(18)2/h3-4,7,12,15H,5-6,8-11,13-14H2,1-2H3. The molecular weight excluding hydrogens is 342 g/mol. The van der Waals surface area contributed by atoms with Crippen LogP contribution in [0.4, 0.5) is 0 Å². The summed E-state index contributed by atoms with van der Waals surface area (Å²) in [5.41, 5.74) is 2.50. The monoisotopic (exact) mass is 369 g/mol. The van der Waals surface area contributed by atoms with Crippen molar-refractivity contribution in [3.05, 3.63) is 41.5 Å². The molecule has 4 rings (SSSR count). The predicted octanol–water partition coefficient (Wildman–Crippen LogP) is 1.68. The van der Waals surface area contributed by atoms with Gasteiger partial charge in [-0.2, -0.15) is 5.10 Å². The highest BCUT2D eigenvalue weighted by atomic mass is 16.2. The number of piperidine rings is 1. The van der Waals surface area contributed by atoms with Crippen molar-refractivity contribution in [1.82, 2.24) is 24.1 Å². The van der Waals surface area contributed by atoms with Crippen LogP contribution in [-0.4, -0.2) is 55.5 Å². The summed E-state index contributed by atoms with van der Waals surface area (Å²) in [6.07, 6.45) is 4.27. The Balaban J connectivity index is 1.41. The summed E-state index contributed by atoms with van der Waals surface area (Å²) in [7, 11) is 1.78. The molecule has 2 aromatic rings. The van der Waals surface area contributed by atoms with Crippen LogP contribution in [0.3, 0.4) is 0 Å². The molecule has 0 aromatic carbocycles. The molecule has 0 spiro atoms. The van der Waals surface area contributed by atoms with Crippen molar-refractivity contribution in [3.63, 3.8) is 0 Å². The molecule has 7 nitrogen and oxygen atoms in total. The predicted molar refractivity (Wildman–Crippen MR) is 101 cm³/mol. The van der Waals surface area contributed by atoms with Crippen molar-refractivity contribution in [1.29, 1.82) is 0 Å². The van der Waals surface area contributed by atoms with Gasteiger partial charge in [-0.1, -0.05) is 6.92 Å². The van der Waals surface area contributed by atoms with Crippen molar-refractivity contribution < 1.29 is 9.59 Å². The van der Waals surface area contributed by atoms with E-state index in [1.54, 1.807) is 34.8 Å². The zero-order valence-corrected chi connectivity index (χ0v) is 16.1. The van der Waals surface area contributed by atoms with E-state index in [1.807, 2.05) is 4.68 Å². The van der Waals surface area contributed by atoms with Gasteiger partial charge in [0.25, 0.3) is 11.7 Å². The Morgan fingerprint density at radius 3 is 2.67 bits per heavy atom. The van der Waals surface area contributed by atoms with Crippen molar-refractivity contribution in [2.24, 2.45) is 13.0 Å². The lowest BCUT2D eigenvalue weighted by Gasteiger charge is -2.29. The summed E-state index contributed by atoms with van der Waals surface area (Å²) >= 11 is 0. The van der Waals surface area contributed by atoms with Crippen LogP contribution in [0.2, 0.25) is 0 Å². The minimum Gasteiger partial charge on any atom is -0.348 e. The van der Waals surface area contributed by atoms with E-state index >= 15 is 0 Å². The second kappa shape index (κ2) is 7.31. The van der Waals surface area contributed by atoms with Crippen molar-refractivity contribution in [3.8, 4) is 0 Å². The van der Waals surface area contributed by atoms with Gasteiger partial charge in [0.05, 0.1) is 30.2 Å². The Labute approximate surface area is 159 Å². The number of carbonyl (C=O) groups excluding carboxylic acids is 2.